The third-order valence-corrected chi connectivity index (χ3v) is 6.53. The molecule has 1 aromatic carbocycles. The molecule has 2 aliphatic rings. The molecular formula is C21H30IN5S. The molecule has 1 aromatic heterocycles. The van der Waals surface area contributed by atoms with Gasteiger partial charge >= 0.3 is 0 Å². The SMILES string of the molecule is CN=C(NCCN1CCc2sccc2C1)N1CCN(c2ccccc2)CC1.I. The van der Waals surface area contributed by atoms with Gasteiger partial charge in [-0.15, -0.1) is 35.3 Å². The molecule has 0 spiro atoms. The summed E-state index contributed by atoms with van der Waals surface area (Å²) in [6.45, 7) is 8.38. The molecule has 5 nitrogen and oxygen atoms in total. The van der Waals surface area contributed by atoms with Crippen LogP contribution in [0.1, 0.15) is 10.4 Å². The maximum atomic E-state index is 4.52. The van der Waals surface area contributed by atoms with E-state index in [1.165, 1.54) is 24.2 Å². The monoisotopic (exact) mass is 511 g/mol. The van der Waals surface area contributed by atoms with Crippen LogP contribution in [0.15, 0.2) is 46.8 Å². The van der Waals surface area contributed by atoms with Gasteiger partial charge < -0.3 is 15.1 Å². The Bertz CT molecular complexity index is 755. The molecule has 2 aromatic rings. The average molecular weight is 511 g/mol. The van der Waals surface area contributed by atoms with Gasteiger partial charge in [0, 0.05) is 70.0 Å². The van der Waals surface area contributed by atoms with Gasteiger partial charge in [0.15, 0.2) is 5.96 Å². The van der Waals surface area contributed by atoms with Crippen molar-refractivity contribution in [1.29, 1.82) is 0 Å². The van der Waals surface area contributed by atoms with Crippen molar-refractivity contribution in [3.8, 4) is 0 Å². The number of fused-ring (bicyclic) bond motifs is 1. The van der Waals surface area contributed by atoms with Crippen molar-refractivity contribution < 1.29 is 0 Å². The lowest BCUT2D eigenvalue weighted by molar-refractivity contribution is 0.258. The van der Waals surface area contributed by atoms with E-state index in [0.29, 0.717) is 0 Å². The minimum atomic E-state index is 0. The second kappa shape index (κ2) is 10.5. The van der Waals surface area contributed by atoms with E-state index in [1.54, 1.807) is 4.88 Å². The van der Waals surface area contributed by atoms with Crippen molar-refractivity contribution in [3.63, 3.8) is 0 Å². The van der Waals surface area contributed by atoms with Crippen LogP contribution >= 0.6 is 35.3 Å². The maximum absolute atomic E-state index is 4.52. The predicted molar refractivity (Wildman–Crippen MR) is 130 cm³/mol. The summed E-state index contributed by atoms with van der Waals surface area (Å²) < 4.78 is 0. The summed E-state index contributed by atoms with van der Waals surface area (Å²) in [5.41, 5.74) is 2.84. The maximum Gasteiger partial charge on any atom is 0.193 e. The van der Waals surface area contributed by atoms with E-state index in [0.717, 1.165) is 51.8 Å². The standard InChI is InChI=1S/C21H29N5S.HI/c1-22-21(23-9-11-24-10-7-20-18(17-24)8-16-27-20)26-14-12-25(13-15-26)19-5-3-2-4-6-19;/h2-6,8,16H,7,9-15,17H2,1H3,(H,22,23);1H. The minimum absolute atomic E-state index is 0. The van der Waals surface area contributed by atoms with Gasteiger partial charge in [-0.2, -0.15) is 0 Å². The fourth-order valence-corrected chi connectivity index (χ4v) is 4.86. The third kappa shape index (κ3) is 5.18. The van der Waals surface area contributed by atoms with Crippen LogP contribution in [0, 0.1) is 0 Å². The first-order valence-electron chi connectivity index (χ1n) is 9.86. The summed E-state index contributed by atoms with van der Waals surface area (Å²) in [6.07, 6.45) is 1.20. The number of anilines is 1. The van der Waals surface area contributed by atoms with Crippen molar-refractivity contribution in [2.45, 2.75) is 13.0 Å². The molecule has 152 valence electrons. The highest BCUT2D eigenvalue weighted by Crippen LogP contribution is 2.23. The molecule has 0 saturated carbocycles. The Balaban J connectivity index is 0.00000225. The summed E-state index contributed by atoms with van der Waals surface area (Å²) >= 11 is 1.91. The van der Waals surface area contributed by atoms with Gasteiger partial charge in [0.25, 0.3) is 0 Å². The fraction of sp³-hybridized carbons (Fsp3) is 0.476. The van der Waals surface area contributed by atoms with E-state index >= 15 is 0 Å². The Labute approximate surface area is 189 Å². The van der Waals surface area contributed by atoms with E-state index in [9.17, 15) is 0 Å². The number of aliphatic imine (C=N–C) groups is 1. The van der Waals surface area contributed by atoms with E-state index in [-0.39, 0.29) is 24.0 Å². The smallest absolute Gasteiger partial charge is 0.193 e. The Morgan fingerprint density at radius 1 is 1.07 bits per heavy atom. The first-order valence-corrected chi connectivity index (χ1v) is 10.7. The van der Waals surface area contributed by atoms with E-state index in [1.807, 2.05) is 18.4 Å². The number of para-hydroxylation sites is 1. The zero-order chi connectivity index (χ0) is 18.5. The molecule has 0 amide bonds. The third-order valence-electron chi connectivity index (χ3n) is 5.51. The quantitative estimate of drug-likeness (QED) is 0.389. The number of benzene rings is 1. The lowest BCUT2D eigenvalue weighted by Gasteiger charge is -2.38. The number of nitrogens with zero attached hydrogens (tertiary/aromatic N) is 4. The predicted octanol–water partition coefficient (Wildman–Crippen LogP) is 3.12. The first kappa shape index (κ1) is 21.4. The summed E-state index contributed by atoms with van der Waals surface area (Å²) in [5, 5.41) is 5.80. The van der Waals surface area contributed by atoms with Crippen LogP contribution < -0.4 is 10.2 Å². The summed E-state index contributed by atoms with van der Waals surface area (Å²) in [4.78, 5) is 13.5. The van der Waals surface area contributed by atoms with Gasteiger partial charge in [-0.3, -0.25) is 9.89 Å². The van der Waals surface area contributed by atoms with Crippen LogP contribution in [0.5, 0.6) is 0 Å². The highest BCUT2D eigenvalue weighted by Gasteiger charge is 2.20. The molecule has 0 aliphatic carbocycles. The number of halogens is 1. The highest BCUT2D eigenvalue weighted by atomic mass is 127. The zero-order valence-corrected chi connectivity index (χ0v) is 19.7. The number of guanidine groups is 1. The van der Waals surface area contributed by atoms with Gasteiger partial charge in [-0.25, -0.2) is 0 Å². The molecular weight excluding hydrogens is 481 g/mol. The molecule has 0 atom stereocenters. The number of hydrogen-bond donors (Lipinski definition) is 1. The van der Waals surface area contributed by atoms with Crippen LogP contribution in [0.25, 0.3) is 0 Å². The molecule has 0 bridgehead atoms. The lowest BCUT2D eigenvalue weighted by Crippen LogP contribution is -2.53. The number of nitrogens with one attached hydrogen (secondary N) is 1. The Morgan fingerprint density at radius 2 is 1.86 bits per heavy atom. The van der Waals surface area contributed by atoms with Crippen molar-refractivity contribution >= 4 is 47.0 Å². The number of thiophene rings is 1. The van der Waals surface area contributed by atoms with Gasteiger partial charge in [0.2, 0.25) is 0 Å². The number of hydrogen-bond acceptors (Lipinski definition) is 4. The highest BCUT2D eigenvalue weighted by molar-refractivity contribution is 14.0. The second-order valence-electron chi connectivity index (χ2n) is 7.18. The summed E-state index contributed by atoms with van der Waals surface area (Å²) in [7, 11) is 1.89. The van der Waals surface area contributed by atoms with Crippen LogP contribution in [-0.4, -0.2) is 68.6 Å². The van der Waals surface area contributed by atoms with Gasteiger partial charge in [-0.05, 0) is 35.6 Å². The molecule has 1 fully saturated rings. The first-order chi connectivity index (χ1) is 13.3. The van der Waals surface area contributed by atoms with Crippen LogP contribution in [-0.2, 0) is 13.0 Å². The summed E-state index contributed by atoms with van der Waals surface area (Å²) in [5.74, 6) is 1.04. The minimum Gasteiger partial charge on any atom is -0.368 e. The van der Waals surface area contributed by atoms with Gasteiger partial charge in [0.1, 0.15) is 0 Å². The Hall–Kier alpha value is -1.32. The van der Waals surface area contributed by atoms with E-state index in [4.69, 9.17) is 0 Å². The lowest BCUT2D eigenvalue weighted by atomic mass is 10.1. The molecule has 0 unspecified atom stereocenters. The molecule has 1 saturated heterocycles. The topological polar surface area (TPSA) is 34.1 Å². The number of piperazine rings is 1. The Kier molecular flexibility index (Phi) is 7.99. The van der Waals surface area contributed by atoms with Gasteiger partial charge in [0.05, 0.1) is 0 Å². The Morgan fingerprint density at radius 3 is 2.61 bits per heavy atom. The van der Waals surface area contributed by atoms with Crippen LogP contribution in [0.3, 0.4) is 0 Å². The van der Waals surface area contributed by atoms with Crippen molar-refractivity contribution in [1.82, 2.24) is 15.1 Å². The normalized spacial score (nSPS) is 17.8. The van der Waals surface area contributed by atoms with E-state index in [2.05, 4.69) is 66.8 Å². The van der Waals surface area contributed by atoms with Crippen molar-refractivity contribution in [2.24, 2.45) is 4.99 Å². The summed E-state index contributed by atoms with van der Waals surface area (Å²) in [6, 6.07) is 13.0. The largest absolute Gasteiger partial charge is 0.368 e. The molecule has 28 heavy (non-hydrogen) atoms. The van der Waals surface area contributed by atoms with E-state index < -0.39 is 0 Å². The van der Waals surface area contributed by atoms with Crippen LogP contribution in [0.4, 0.5) is 5.69 Å². The van der Waals surface area contributed by atoms with Gasteiger partial charge in [-0.1, -0.05) is 18.2 Å². The molecule has 3 heterocycles. The molecule has 4 rings (SSSR count). The number of rotatable bonds is 4. The van der Waals surface area contributed by atoms with Crippen molar-refractivity contribution in [3.05, 3.63) is 52.2 Å². The van der Waals surface area contributed by atoms with Crippen molar-refractivity contribution in [2.75, 3.05) is 57.8 Å². The fourth-order valence-electron chi connectivity index (χ4n) is 3.97. The second-order valence-corrected chi connectivity index (χ2v) is 8.18. The molecule has 1 N–H and O–H groups in total. The average Bonchev–Trinajstić information content (AvgIpc) is 3.20. The molecule has 0 radical (unpaired) electrons. The van der Waals surface area contributed by atoms with Crippen LogP contribution in [0.2, 0.25) is 0 Å². The molecule has 7 heteroatoms. The zero-order valence-electron chi connectivity index (χ0n) is 16.5. The molecule has 2 aliphatic heterocycles.